The summed E-state index contributed by atoms with van der Waals surface area (Å²) in [5.74, 6) is 0.428. The van der Waals surface area contributed by atoms with Gasteiger partial charge < -0.3 is 20.3 Å². The van der Waals surface area contributed by atoms with Crippen LogP contribution < -0.4 is 10.6 Å². The molecule has 32 heavy (non-hydrogen) atoms. The third-order valence-corrected chi connectivity index (χ3v) is 5.21. The monoisotopic (exact) mass is 554 g/mol. The molecule has 0 aromatic heterocycles. The first-order valence-electron chi connectivity index (χ1n) is 10.8. The summed E-state index contributed by atoms with van der Waals surface area (Å²) < 4.78 is 19.0. The Balaban J connectivity index is 0.00000363. The molecule has 1 aliphatic rings. The Morgan fingerprint density at radius 3 is 2.66 bits per heavy atom. The van der Waals surface area contributed by atoms with Gasteiger partial charge >= 0.3 is 0 Å². The van der Waals surface area contributed by atoms with E-state index in [2.05, 4.69) is 39.6 Å². The molecular formula is C24H32FIN4O2. The summed E-state index contributed by atoms with van der Waals surface area (Å²) in [5, 5.41) is 6.22. The molecule has 0 aliphatic carbocycles. The molecule has 1 amide bonds. The van der Waals surface area contributed by atoms with E-state index in [0.717, 1.165) is 31.2 Å². The molecule has 2 N–H and O–H groups in total. The number of rotatable bonds is 7. The highest BCUT2D eigenvalue weighted by Gasteiger charge is 2.25. The maximum Gasteiger partial charge on any atom is 0.224 e. The number of amides is 1. The van der Waals surface area contributed by atoms with E-state index in [1.807, 2.05) is 19.1 Å². The second-order valence-corrected chi connectivity index (χ2v) is 7.55. The molecule has 2 aromatic rings. The maximum absolute atomic E-state index is 13.0. The third kappa shape index (κ3) is 7.74. The number of aryl methyl sites for hydroxylation is 1. The quantitative estimate of drug-likeness (QED) is 0.238. The zero-order valence-electron chi connectivity index (χ0n) is 18.6. The van der Waals surface area contributed by atoms with Crippen LogP contribution in [0.5, 0.6) is 0 Å². The molecular weight excluding hydrogens is 522 g/mol. The van der Waals surface area contributed by atoms with Crippen molar-refractivity contribution in [3.05, 3.63) is 71.0 Å². The molecule has 1 unspecified atom stereocenters. The van der Waals surface area contributed by atoms with Crippen molar-refractivity contribution in [3.63, 3.8) is 0 Å². The molecule has 0 bridgehead atoms. The minimum atomic E-state index is -0.303. The Kier molecular flexibility index (Phi) is 10.9. The lowest BCUT2D eigenvalue weighted by Crippen LogP contribution is -2.48. The molecule has 3 rings (SSSR count). The van der Waals surface area contributed by atoms with Gasteiger partial charge in [0.15, 0.2) is 5.96 Å². The second kappa shape index (κ2) is 13.4. The van der Waals surface area contributed by atoms with Crippen LogP contribution in [0, 0.1) is 12.7 Å². The smallest absolute Gasteiger partial charge is 0.224 e. The van der Waals surface area contributed by atoms with Crippen molar-refractivity contribution in [1.29, 1.82) is 0 Å². The van der Waals surface area contributed by atoms with Crippen LogP contribution in [0.1, 0.15) is 29.7 Å². The SMILES string of the molecule is CCNC(=NCCNC(=O)Cc1ccc(F)cc1)N1CCOC(c2ccccc2C)C1.I. The standard InChI is InChI=1S/C24H31FN4O2.HI/c1-3-26-24(28-13-12-27-23(30)16-19-8-10-20(25)11-9-19)29-14-15-31-22(17-29)21-7-5-4-6-18(21)2;/h4-11,22H,3,12-17H2,1-2H3,(H,26,28)(H,27,30);1H. The van der Waals surface area contributed by atoms with Crippen molar-refractivity contribution in [3.8, 4) is 0 Å². The number of carbonyl (C=O) groups excluding carboxylic acids is 1. The number of guanidine groups is 1. The van der Waals surface area contributed by atoms with Crippen LogP contribution in [0.4, 0.5) is 4.39 Å². The van der Waals surface area contributed by atoms with Gasteiger partial charge in [-0.3, -0.25) is 9.79 Å². The number of halogens is 2. The lowest BCUT2D eigenvalue weighted by atomic mass is 10.0. The van der Waals surface area contributed by atoms with Gasteiger partial charge in [-0.1, -0.05) is 36.4 Å². The van der Waals surface area contributed by atoms with Gasteiger partial charge in [-0.05, 0) is 42.7 Å². The van der Waals surface area contributed by atoms with Crippen molar-refractivity contribution in [2.24, 2.45) is 4.99 Å². The lowest BCUT2D eigenvalue weighted by Gasteiger charge is -2.35. The van der Waals surface area contributed by atoms with Gasteiger partial charge in [-0.25, -0.2) is 4.39 Å². The van der Waals surface area contributed by atoms with E-state index in [-0.39, 0.29) is 48.2 Å². The lowest BCUT2D eigenvalue weighted by molar-refractivity contribution is -0.120. The summed E-state index contributed by atoms with van der Waals surface area (Å²) >= 11 is 0. The number of nitrogens with zero attached hydrogens (tertiary/aromatic N) is 2. The van der Waals surface area contributed by atoms with Crippen molar-refractivity contribution in [2.45, 2.75) is 26.4 Å². The number of aliphatic imine (C=N–C) groups is 1. The second-order valence-electron chi connectivity index (χ2n) is 7.55. The van der Waals surface area contributed by atoms with Gasteiger partial charge in [0.1, 0.15) is 11.9 Å². The van der Waals surface area contributed by atoms with Gasteiger partial charge in [-0.15, -0.1) is 24.0 Å². The van der Waals surface area contributed by atoms with Crippen LogP contribution in [0.25, 0.3) is 0 Å². The van der Waals surface area contributed by atoms with E-state index in [4.69, 9.17) is 4.74 Å². The minimum absolute atomic E-state index is 0. The predicted octanol–water partition coefficient (Wildman–Crippen LogP) is 3.45. The summed E-state index contributed by atoms with van der Waals surface area (Å²) in [7, 11) is 0. The van der Waals surface area contributed by atoms with E-state index in [1.165, 1.54) is 23.3 Å². The Morgan fingerprint density at radius 1 is 1.19 bits per heavy atom. The molecule has 6 nitrogen and oxygen atoms in total. The summed E-state index contributed by atoms with van der Waals surface area (Å²) in [4.78, 5) is 19.0. The number of ether oxygens (including phenoxy) is 1. The largest absolute Gasteiger partial charge is 0.370 e. The molecule has 8 heteroatoms. The average molecular weight is 554 g/mol. The molecule has 1 aliphatic heterocycles. The normalized spacial score (nSPS) is 16.3. The fourth-order valence-electron chi connectivity index (χ4n) is 3.61. The van der Waals surface area contributed by atoms with E-state index >= 15 is 0 Å². The van der Waals surface area contributed by atoms with E-state index in [1.54, 1.807) is 12.1 Å². The number of benzene rings is 2. The first-order chi connectivity index (χ1) is 15.1. The summed E-state index contributed by atoms with van der Waals surface area (Å²) in [5.41, 5.74) is 3.21. The van der Waals surface area contributed by atoms with Gasteiger partial charge in [0, 0.05) is 19.6 Å². The molecule has 1 saturated heterocycles. The number of hydrogen-bond acceptors (Lipinski definition) is 3. The molecule has 1 atom stereocenters. The Bertz CT molecular complexity index is 892. The molecule has 1 fully saturated rings. The molecule has 174 valence electrons. The third-order valence-electron chi connectivity index (χ3n) is 5.21. The van der Waals surface area contributed by atoms with Crippen molar-refractivity contribution < 1.29 is 13.9 Å². The van der Waals surface area contributed by atoms with E-state index in [0.29, 0.717) is 19.7 Å². The first kappa shape index (κ1) is 26.1. The predicted molar refractivity (Wildman–Crippen MR) is 136 cm³/mol. The van der Waals surface area contributed by atoms with Crippen LogP contribution in [0.3, 0.4) is 0 Å². The van der Waals surface area contributed by atoms with E-state index in [9.17, 15) is 9.18 Å². The Labute approximate surface area is 206 Å². The highest BCUT2D eigenvalue weighted by molar-refractivity contribution is 14.0. The molecule has 0 spiro atoms. The van der Waals surface area contributed by atoms with Gasteiger partial charge in [-0.2, -0.15) is 0 Å². The number of hydrogen-bond donors (Lipinski definition) is 2. The van der Waals surface area contributed by atoms with Crippen LogP contribution in [0.15, 0.2) is 53.5 Å². The highest BCUT2D eigenvalue weighted by atomic mass is 127. The van der Waals surface area contributed by atoms with Crippen LogP contribution in [-0.2, 0) is 16.0 Å². The van der Waals surface area contributed by atoms with Crippen molar-refractivity contribution in [2.75, 3.05) is 39.3 Å². The maximum atomic E-state index is 13.0. The summed E-state index contributed by atoms with van der Waals surface area (Å²) in [6, 6.07) is 14.3. The summed E-state index contributed by atoms with van der Waals surface area (Å²) in [6.07, 6.45) is 0.236. The van der Waals surface area contributed by atoms with Crippen LogP contribution in [0.2, 0.25) is 0 Å². The van der Waals surface area contributed by atoms with Crippen molar-refractivity contribution in [1.82, 2.24) is 15.5 Å². The van der Waals surface area contributed by atoms with Gasteiger partial charge in [0.2, 0.25) is 5.91 Å². The van der Waals surface area contributed by atoms with E-state index < -0.39 is 0 Å². The molecule has 0 saturated carbocycles. The van der Waals surface area contributed by atoms with Crippen LogP contribution >= 0.6 is 24.0 Å². The number of nitrogens with one attached hydrogen (secondary N) is 2. The van der Waals surface area contributed by atoms with Gasteiger partial charge in [0.05, 0.1) is 26.1 Å². The molecule has 0 radical (unpaired) electrons. The zero-order chi connectivity index (χ0) is 22.1. The molecule has 1 heterocycles. The number of carbonyl (C=O) groups is 1. The Hall–Kier alpha value is -2.20. The fourth-order valence-corrected chi connectivity index (χ4v) is 3.61. The number of morpholine rings is 1. The topological polar surface area (TPSA) is 66.0 Å². The summed E-state index contributed by atoms with van der Waals surface area (Å²) in [6.45, 7) is 7.97. The fraction of sp³-hybridized carbons (Fsp3) is 0.417. The van der Waals surface area contributed by atoms with Crippen LogP contribution in [-0.4, -0.2) is 56.1 Å². The zero-order valence-corrected chi connectivity index (χ0v) is 21.0. The first-order valence-corrected chi connectivity index (χ1v) is 10.8. The Morgan fingerprint density at radius 2 is 1.94 bits per heavy atom. The average Bonchev–Trinajstić information content (AvgIpc) is 2.78. The minimum Gasteiger partial charge on any atom is -0.370 e. The molecule has 2 aromatic carbocycles. The highest BCUT2D eigenvalue weighted by Crippen LogP contribution is 2.24. The van der Waals surface area contributed by atoms with Crippen molar-refractivity contribution >= 4 is 35.8 Å². The van der Waals surface area contributed by atoms with Gasteiger partial charge in [0.25, 0.3) is 0 Å².